The maximum absolute atomic E-state index is 12.7. The van der Waals surface area contributed by atoms with Gasteiger partial charge in [-0.15, -0.1) is 0 Å². The van der Waals surface area contributed by atoms with Crippen molar-refractivity contribution in [1.82, 2.24) is 8.61 Å². The standard InChI is InChI=1S/C13H27N3O2S/c1-2-3-8-16(13-4-5-13)19(17,18)15-9-6-12(11-14)7-10-15/h12-13H,2-11,14H2,1H3. The van der Waals surface area contributed by atoms with Gasteiger partial charge in [-0.05, 0) is 44.6 Å². The van der Waals surface area contributed by atoms with Crippen LogP contribution in [0.25, 0.3) is 0 Å². The van der Waals surface area contributed by atoms with Crippen molar-refractivity contribution in [2.24, 2.45) is 11.7 Å². The zero-order chi connectivity index (χ0) is 13.9. The molecule has 0 bridgehead atoms. The Morgan fingerprint density at radius 3 is 2.32 bits per heavy atom. The van der Waals surface area contributed by atoms with Crippen LogP contribution in [0.4, 0.5) is 0 Å². The molecule has 6 heteroatoms. The Labute approximate surface area is 117 Å². The van der Waals surface area contributed by atoms with Gasteiger partial charge in [-0.1, -0.05) is 13.3 Å². The molecule has 2 rings (SSSR count). The third kappa shape index (κ3) is 3.68. The molecular formula is C13H27N3O2S. The number of hydrogen-bond donors (Lipinski definition) is 1. The summed E-state index contributed by atoms with van der Waals surface area (Å²) in [6, 6.07) is 0.267. The first-order valence-electron chi connectivity index (χ1n) is 7.56. The molecule has 0 spiro atoms. The van der Waals surface area contributed by atoms with Gasteiger partial charge in [-0.3, -0.25) is 0 Å². The minimum absolute atomic E-state index is 0.267. The molecule has 0 atom stereocenters. The molecule has 0 unspecified atom stereocenters. The lowest BCUT2D eigenvalue weighted by atomic mass is 9.99. The Morgan fingerprint density at radius 1 is 1.21 bits per heavy atom. The Bertz CT molecular complexity index is 373. The van der Waals surface area contributed by atoms with E-state index in [4.69, 9.17) is 5.73 Å². The first-order chi connectivity index (χ1) is 9.09. The van der Waals surface area contributed by atoms with E-state index in [1.165, 1.54) is 0 Å². The highest BCUT2D eigenvalue weighted by Gasteiger charge is 2.40. The summed E-state index contributed by atoms with van der Waals surface area (Å²) in [4.78, 5) is 0. The Kier molecular flexibility index (Phi) is 5.22. The average Bonchev–Trinajstić information content (AvgIpc) is 3.23. The van der Waals surface area contributed by atoms with E-state index < -0.39 is 10.2 Å². The summed E-state index contributed by atoms with van der Waals surface area (Å²) in [5, 5.41) is 0. The van der Waals surface area contributed by atoms with Gasteiger partial charge in [0.15, 0.2) is 0 Å². The molecule has 1 aliphatic heterocycles. The summed E-state index contributed by atoms with van der Waals surface area (Å²) in [6.45, 7) is 4.74. The average molecular weight is 289 g/mol. The van der Waals surface area contributed by atoms with Crippen LogP contribution in [-0.2, 0) is 10.2 Å². The molecule has 2 fully saturated rings. The summed E-state index contributed by atoms with van der Waals surface area (Å²) < 4.78 is 28.8. The van der Waals surface area contributed by atoms with Crippen LogP contribution in [0.3, 0.4) is 0 Å². The number of rotatable bonds is 7. The molecule has 112 valence electrons. The molecule has 19 heavy (non-hydrogen) atoms. The predicted molar refractivity (Wildman–Crippen MR) is 76.9 cm³/mol. The normalized spacial score (nSPS) is 23.1. The van der Waals surface area contributed by atoms with E-state index in [-0.39, 0.29) is 6.04 Å². The minimum atomic E-state index is -3.24. The Hall–Kier alpha value is -0.170. The fraction of sp³-hybridized carbons (Fsp3) is 1.00. The van der Waals surface area contributed by atoms with Crippen molar-refractivity contribution in [3.8, 4) is 0 Å². The second kappa shape index (κ2) is 6.52. The topological polar surface area (TPSA) is 66.6 Å². The van der Waals surface area contributed by atoms with Gasteiger partial charge in [0.25, 0.3) is 10.2 Å². The molecule has 5 nitrogen and oxygen atoms in total. The number of nitrogens with zero attached hydrogens (tertiary/aromatic N) is 2. The zero-order valence-electron chi connectivity index (χ0n) is 11.9. The van der Waals surface area contributed by atoms with Gasteiger partial charge >= 0.3 is 0 Å². The number of piperidine rings is 1. The Balaban J connectivity index is 1.99. The van der Waals surface area contributed by atoms with Crippen LogP contribution < -0.4 is 5.73 Å². The maximum atomic E-state index is 12.7. The summed E-state index contributed by atoms with van der Waals surface area (Å²) in [5.41, 5.74) is 5.66. The SMILES string of the molecule is CCCCN(C1CC1)S(=O)(=O)N1CCC(CN)CC1. The predicted octanol–water partition coefficient (Wildman–Crippen LogP) is 1.17. The van der Waals surface area contributed by atoms with Crippen LogP contribution >= 0.6 is 0 Å². The Morgan fingerprint density at radius 2 is 1.84 bits per heavy atom. The molecule has 0 amide bonds. The van der Waals surface area contributed by atoms with Gasteiger partial charge in [0, 0.05) is 25.7 Å². The van der Waals surface area contributed by atoms with E-state index in [0.29, 0.717) is 32.1 Å². The molecular weight excluding hydrogens is 262 g/mol. The minimum Gasteiger partial charge on any atom is -0.330 e. The van der Waals surface area contributed by atoms with Crippen molar-refractivity contribution in [2.75, 3.05) is 26.2 Å². The second-order valence-electron chi connectivity index (χ2n) is 5.78. The van der Waals surface area contributed by atoms with E-state index in [0.717, 1.165) is 38.5 Å². The second-order valence-corrected chi connectivity index (χ2v) is 7.66. The summed E-state index contributed by atoms with van der Waals surface area (Å²) in [5.74, 6) is 0.497. The molecule has 2 aliphatic rings. The molecule has 1 aliphatic carbocycles. The van der Waals surface area contributed by atoms with Crippen molar-refractivity contribution in [3.63, 3.8) is 0 Å². The fourth-order valence-electron chi connectivity index (χ4n) is 2.69. The van der Waals surface area contributed by atoms with E-state index in [1.807, 2.05) is 0 Å². The number of unbranched alkanes of at least 4 members (excludes halogenated alkanes) is 1. The molecule has 1 heterocycles. The zero-order valence-corrected chi connectivity index (χ0v) is 12.7. The van der Waals surface area contributed by atoms with Crippen LogP contribution in [0.5, 0.6) is 0 Å². The first-order valence-corrected chi connectivity index (χ1v) is 8.96. The number of hydrogen-bond acceptors (Lipinski definition) is 3. The van der Waals surface area contributed by atoms with Crippen LogP contribution in [0.1, 0.15) is 45.4 Å². The lowest BCUT2D eigenvalue weighted by Crippen LogP contribution is -2.48. The lowest BCUT2D eigenvalue weighted by molar-refractivity contribution is 0.254. The largest absolute Gasteiger partial charge is 0.330 e. The molecule has 2 N–H and O–H groups in total. The van der Waals surface area contributed by atoms with Crippen LogP contribution in [0.2, 0.25) is 0 Å². The summed E-state index contributed by atoms with van der Waals surface area (Å²) in [7, 11) is -3.24. The summed E-state index contributed by atoms with van der Waals surface area (Å²) >= 11 is 0. The fourth-order valence-corrected chi connectivity index (χ4v) is 4.60. The smallest absolute Gasteiger partial charge is 0.282 e. The van der Waals surface area contributed by atoms with Crippen molar-refractivity contribution in [3.05, 3.63) is 0 Å². The lowest BCUT2D eigenvalue weighted by Gasteiger charge is -2.34. The highest BCUT2D eigenvalue weighted by atomic mass is 32.2. The first kappa shape index (κ1) is 15.2. The third-order valence-corrected chi connectivity index (χ3v) is 6.31. The monoisotopic (exact) mass is 289 g/mol. The van der Waals surface area contributed by atoms with Crippen LogP contribution in [0.15, 0.2) is 0 Å². The molecule has 1 saturated heterocycles. The van der Waals surface area contributed by atoms with Crippen molar-refractivity contribution >= 4 is 10.2 Å². The third-order valence-electron chi connectivity index (χ3n) is 4.22. The molecule has 0 aromatic carbocycles. The van der Waals surface area contributed by atoms with E-state index >= 15 is 0 Å². The molecule has 0 radical (unpaired) electrons. The van der Waals surface area contributed by atoms with Gasteiger partial charge in [-0.25, -0.2) is 0 Å². The van der Waals surface area contributed by atoms with Crippen LogP contribution in [-0.4, -0.2) is 49.2 Å². The highest BCUT2D eigenvalue weighted by Crippen LogP contribution is 2.32. The van der Waals surface area contributed by atoms with Gasteiger partial charge < -0.3 is 5.73 Å². The summed E-state index contributed by atoms with van der Waals surface area (Å²) in [6.07, 6.45) is 5.86. The van der Waals surface area contributed by atoms with Gasteiger partial charge in [-0.2, -0.15) is 17.0 Å². The number of nitrogens with two attached hydrogens (primary N) is 1. The van der Waals surface area contributed by atoms with Crippen molar-refractivity contribution in [2.45, 2.75) is 51.5 Å². The van der Waals surface area contributed by atoms with Gasteiger partial charge in [0.1, 0.15) is 0 Å². The van der Waals surface area contributed by atoms with Gasteiger partial charge in [0.2, 0.25) is 0 Å². The maximum Gasteiger partial charge on any atom is 0.282 e. The van der Waals surface area contributed by atoms with E-state index in [1.54, 1.807) is 8.61 Å². The van der Waals surface area contributed by atoms with Gasteiger partial charge in [0.05, 0.1) is 0 Å². The molecule has 0 aromatic heterocycles. The quantitative estimate of drug-likeness (QED) is 0.765. The van der Waals surface area contributed by atoms with E-state index in [9.17, 15) is 8.42 Å². The van der Waals surface area contributed by atoms with Crippen molar-refractivity contribution < 1.29 is 8.42 Å². The van der Waals surface area contributed by atoms with Crippen molar-refractivity contribution in [1.29, 1.82) is 0 Å². The molecule has 0 aromatic rings. The van der Waals surface area contributed by atoms with E-state index in [2.05, 4.69) is 6.92 Å². The molecule has 1 saturated carbocycles. The van der Waals surface area contributed by atoms with Crippen LogP contribution in [0, 0.1) is 5.92 Å². The highest BCUT2D eigenvalue weighted by molar-refractivity contribution is 7.86.